The Morgan fingerprint density at radius 3 is 2.48 bits per heavy atom. The average Bonchev–Trinajstić information content (AvgIpc) is 2.37. The Hall–Kier alpha value is -1.42. The molecule has 1 aromatic rings. The lowest BCUT2D eigenvalue weighted by Crippen LogP contribution is -2.41. The van der Waals surface area contributed by atoms with E-state index < -0.39 is 5.60 Å². The van der Waals surface area contributed by atoms with E-state index in [1.54, 1.807) is 11.0 Å². The molecule has 2 rings (SSSR count). The molecular formula is C16H23ClN2O2. The zero-order chi connectivity index (χ0) is 15.6. The lowest BCUT2D eigenvalue weighted by atomic mass is 9.89. The first-order valence-electron chi connectivity index (χ1n) is 7.29. The molecule has 2 N–H and O–H groups in total. The van der Waals surface area contributed by atoms with E-state index in [0.29, 0.717) is 29.7 Å². The molecule has 0 saturated carbocycles. The van der Waals surface area contributed by atoms with Crippen LogP contribution in [0, 0.1) is 0 Å². The molecule has 5 heteroatoms. The second-order valence-corrected chi connectivity index (χ2v) is 6.93. The summed E-state index contributed by atoms with van der Waals surface area (Å²) in [6.07, 6.45) is 1.55. The summed E-state index contributed by atoms with van der Waals surface area (Å²) in [5, 5.41) is 0.714. The first-order chi connectivity index (χ1) is 9.76. The average molecular weight is 311 g/mol. The highest BCUT2D eigenvalue weighted by atomic mass is 35.5. The van der Waals surface area contributed by atoms with E-state index in [2.05, 4.69) is 0 Å². The summed E-state index contributed by atoms with van der Waals surface area (Å²) in [6, 6.07) is 5.66. The largest absolute Gasteiger partial charge is 0.444 e. The first-order valence-corrected chi connectivity index (χ1v) is 7.67. The number of halogens is 1. The maximum Gasteiger partial charge on any atom is 0.410 e. The van der Waals surface area contributed by atoms with E-state index in [1.165, 1.54) is 0 Å². The van der Waals surface area contributed by atoms with Crippen LogP contribution >= 0.6 is 11.6 Å². The molecule has 1 heterocycles. The molecule has 21 heavy (non-hydrogen) atoms. The highest BCUT2D eigenvalue weighted by Crippen LogP contribution is 2.34. The van der Waals surface area contributed by atoms with Gasteiger partial charge in [0.05, 0.1) is 0 Å². The van der Waals surface area contributed by atoms with Crippen LogP contribution < -0.4 is 5.73 Å². The van der Waals surface area contributed by atoms with Crippen LogP contribution in [0.4, 0.5) is 10.5 Å². The molecule has 1 aliphatic heterocycles. The molecule has 0 aromatic heterocycles. The summed E-state index contributed by atoms with van der Waals surface area (Å²) in [7, 11) is 0. The number of likely N-dealkylation sites (tertiary alicyclic amines) is 1. The molecule has 1 amide bonds. The van der Waals surface area contributed by atoms with Gasteiger partial charge in [-0.25, -0.2) is 4.79 Å². The number of benzene rings is 1. The Morgan fingerprint density at radius 2 is 1.95 bits per heavy atom. The van der Waals surface area contributed by atoms with Gasteiger partial charge in [-0.3, -0.25) is 0 Å². The molecule has 116 valence electrons. The number of amides is 1. The summed E-state index contributed by atoms with van der Waals surface area (Å²) in [5.74, 6) is 0.372. The first kappa shape index (κ1) is 16.0. The molecular weight excluding hydrogens is 288 g/mol. The fourth-order valence-corrected chi connectivity index (χ4v) is 2.92. The fraction of sp³-hybridized carbons (Fsp3) is 0.562. The van der Waals surface area contributed by atoms with Crippen molar-refractivity contribution in [1.29, 1.82) is 0 Å². The minimum absolute atomic E-state index is 0.232. The highest BCUT2D eigenvalue weighted by Gasteiger charge is 2.28. The lowest BCUT2D eigenvalue weighted by Gasteiger charge is -2.33. The molecule has 1 saturated heterocycles. The highest BCUT2D eigenvalue weighted by molar-refractivity contribution is 6.31. The van der Waals surface area contributed by atoms with Crippen molar-refractivity contribution in [1.82, 2.24) is 4.90 Å². The van der Waals surface area contributed by atoms with Crippen LogP contribution in [-0.2, 0) is 4.74 Å². The SMILES string of the molecule is CC(C)(C)OC(=O)N1CCC(c2ccc(N)cc2Cl)CC1. The maximum atomic E-state index is 12.0. The molecule has 4 nitrogen and oxygen atoms in total. The van der Waals surface area contributed by atoms with Crippen LogP contribution in [-0.4, -0.2) is 29.7 Å². The van der Waals surface area contributed by atoms with Crippen molar-refractivity contribution in [3.8, 4) is 0 Å². The van der Waals surface area contributed by atoms with Gasteiger partial charge in [-0.05, 0) is 57.2 Å². The van der Waals surface area contributed by atoms with Gasteiger partial charge in [0.15, 0.2) is 0 Å². The zero-order valence-corrected chi connectivity index (χ0v) is 13.6. The van der Waals surface area contributed by atoms with Gasteiger partial charge in [-0.15, -0.1) is 0 Å². The third kappa shape index (κ3) is 4.27. The number of nitrogen functional groups attached to an aromatic ring is 1. The van der Waals surface area contributed by atoms with Crippen LogP contribution in [0.25, 0.3) is 0 Å². The van der Waals surface area contributed by atoms with Crippen molar-refractivity contribution in [2.75, 3.05) is 18.8 Å². The van der Waals surface area contributed by atoms with Crippen LogP contribution in [0.3, 0.4) is 0 Å². The van der Waals surface area contributed by atoms with Crippen molar-refractivity contribution in [2.45, 2.75) is 45.1 Å². The number of rotatable bonds is 1. The molecule has 1 aliphatic rings. The van der Waals surface area contributed by atoms with E-state index >= 15 is 0 Å². The number of carbonyl (C=O) groups is 1. The van der Waals surface area contributed by atoms with E-state index in [4.69, 9.17) is 22.1 Å². The number of piperidine rings is 1. The Bertz CT molecular complexity index is 517. The van der Waals surface area contributed by atoms with Crippen molar-refractivity contribution >= 4 is 23.4 Å². The second-order valence-electron chi connectivity index (χ2n) is 6.52. The van der Waals surface area contributed by atoms with Gasteiger partial charge in [0.2, 0.25) is 0 Å². The van der Waals surface area contributed by atoms with Crippen LogP contribution in [0.5, 0.6) is 0 Å². The third-order valence-corrected chi connectivity index (χ3v) is 3.94. The van der Waals surface area contributed by atoms with E-state index in [9.17, 15) is 4.79 Å². The number of hydrogen-bond acceptors (Lipinski definition) is 3. The van der Waals surface area contributed by atoms with Crippen molar-refractivity contribution < 1.29 is 9.53 Å². The number of hydrogen-bond donors (Lipinski definition) is 1. The summed E-state index contributed by atoms with van der Waals surface area (Å²) in [5.41, 5.74) is 7.07. The standard InChI is InChI=1S/C16H23ClN2O2/c1-16(2,3)21-15(20)19-8-6-11(7-9-19)13-5-4-12(18)10-14(13)17/h4-5,10-11H,6-9,18H2,1-3H3. The summed E-state index contributed by atoms with van der Waals surface area (Å²) < 4.78 is 5.40. The van der Waals surface area contributed by atoms with Crippen LogP contribution in [0.1, 0.15) is 45.1 Å². The third-order valence-electron chi connectivity index (χ3n) is 3.61. The number of nitrogens with two attached hydrogens (primary N) is 1. The molecule has 1 aromatic carbocycles. The van der Waals surface area contributed by atoms with Gasteiger partial charge in [-0.2, -0.15) is 0 Å². The lowest BCUT2D eigenvalue weighted by molar-refractivity contribution is 0.0205. The predicted molar refractivity (Wildman–Crippen MR) is 85.6 cm³/mol. The quantitative estimate of drug-likeness (QED) is 0.797. The smallest absolute Gasteiger partial charge is 0.410 e. The zero-order valence-electron chi connectivity index (χ0n) is 12.9. The number of nitrogens with zero attached hydrogens (tertiary/aromatic N) is 1. The molecule has 0 atom stereocenters. The van der Waals surface area contributed by atoms with Gasteiger partial charge in [0.25, 0.3) is 0 Å². The molecule has 0 spiro atoms. The van der Waals surface area contributed by atoms with Crippen molar-refractivity contribution in [2.24, 2.45) is 0 Å². The van der Waals surface area contributed by atoms with Gasteiger partial charge in [0, 0.05) is 23.8 Å². The van der Waals surface area contributed by atoms with Crippen molar-refractivity contribution in [3.05, 3.63) is 28.8 Å². The monoisotopic (exact) mass is 310 g/mol. The van der Waals surface area contributed by atoms with E-state index in [1.807, 2.05) is 32.9 Å². The maximum absolute atomic E-state index is 12.0. The summed E-state index contributed by atoms with van der Waals surface area (Å²) in [6.45, 7) is 7.03. The van der Waals surface area contributed by atoms with Gasteiger partial charge < -0.3 is 15.4 Å². The van der Waals surface area contributed by atoms with Gasteiger partial charge in [-0.1, -0.05) is 17.7 Å². The minimum Gasteiger partial charge on any atom is -0.444 e. The molecule has 0 bridgehead atoms. The predicted octanol–water partition coefficient (Wildman–Crippen LogP) is 4.04. The van der Waals surface area contributed by atoms with Gasteiger partial charge >= 0.3 is 6.09 Å². The normalized spacial score (nSPS) is 16.9. The van der Waals surface area contributed by atoms with Gasteiger partial charge in [0.1, 0.15) is 5.60 Å². The van der Waals surface area contributed by atoms with Crippen molar-refractivity contribution in [3.63, 3.8) is 0 Å². The Balaban J connectivity index is 1.95. The topological polar surface area (TPSA) is 55.6 Å². The molecule has 0 unspecified atom stereocenters. The van der Waals surface area contributed by atoms with E-state index in [0.717, 1.165) is 18.4 Å². The second kappa shape index (κ2) is 6.14. The minimum atomic E-state index is -0.450. The van der Waals surface area contributed by atoms with Crippen LogP contribution in [0.2, 0.25) is 5.02 Å². The summed E-state index contributed by atoms with van der Waals surface area (Å²) >= 11 is 6.26. The molecule has 0 aliphatic carbocycles. The van der Waals surface area contributed by atoms with Crippen LogP contribution in [0.15, 0.2) is 18.2 Å². The summed E-state index contributed by atoms with van der Waals surface area (Å²) in [4.78, 5) is 13.8. The van der Waals surface area contributed by atoms with E-state index in [-0.39, 0.29) is 6.09 Å². The number of ether oxygens (including phenoxy) is 1. The number of anilines is 1. The molecule has 0 radical (unpaired) electrons. The Kier molecular flexibility index (Phi) is 4.67. The fourth-order valence-electron chi connectivity index (χ4n) is 2.57. The Morgan fingerprint density at radius 1 is 1.33 bits per heavy atom. The molecule has 1 fully saturated rings. The Labute approximate surface area is 131 Å². The number of carbonyl (C=O) groups excluding carboxylic acids is 1.